The van der Waals surface area contributed by atoms with Crippen LogP contribution < -0.4 is 5.73 Å². The van der Waals surface area contributed by atoms with Gasteiger partial charge >= 0.3 is 0 Å². The summed E-state index contributed by atoms with van der Waals surface area (Å²) in [7, 11) is 0. The van der Waals surface area contributed by atoms with Crippen molar-refractivity contribution in [1.29, 1.82) is 0 Å². The molecule has 0 amide bonds. The summed E-state index contributed by atoms with van der Waals surface area (Å²) in [6.07, 6.45) is 4.38. The molecule has 1 aliphatic rings. The Hall–Kier alpha value is -0.900. The van der Waals surface area contributed by atoms with Crippen LogP contribution in [-0.2, 0) is 6.42 Å². The lowest BCUT2D eigenvalue weighted by Gasteiger charge is -2.20. The van der Waals surface area contributed by atoms with Gasteiger partial charge in [0.05, 0.1) is 0 Å². The fraction of sp³-hybridized carbons (Fsp3) is 0.778. The molecule has 4 heteroatoms. The molecule has 1 unspecified atom stereocenters. The van der Waals surface area contributed by atoms with Gasteiger partial charge in [-0.2, -0.15) is 4.98 Å². The molecule has 0 radical (unpaired) electrons. The summed E-state index contributed by atoms with van der Waals surface area (Å²) in [5.41, 5.74) is 5.63. The van der Waals surface area contributed by atoms with Gasteiger partial charge in [0.15, 0.2) is 5.82 Å². The summed E-state index contributed by atoms with van der Waals surface area (Å²) in [5.74, 6) is 2.10. The summed E-state index contributed by atoms with van der Waals surface area (Å²) in [6.45, 7) is 1.94. The van der Waals surface area contributed by atoms with E-state index in [1.54, 1.807) is 0 Å². The Kier molecular flexibility index (Phi) is 2.31. The number of hydrogen-bond donors (Lipinski definition) is 1. The van der Waals surface area contributed by atoms with Crippen molar-refractivity contribution in [2.45, 2.75) is 44.6 Å². The lowest BCUT2D eigenvalue weighted by molar-refractivity contribution is 0.344. The van der Waals surface area contributed by atoms with Gasteiger partial charge < -0.3 is 10.3 Å². The SMILES string of the molecule is CC(N)Cc1nc(C2CCC2)no1. The Bertz CT molecular complexity index is 278. The van der Waals surface area contributed by atoms with Crippen LogP contribution >= 0.6 is 0 Å². The molecule has 0 bridgehead atoms. The molecular formula is C9H15N3O. The highest BCUT2D eigenvalue weighted by Gasteiger charge is 2.24. The summed E-state index contributed by atoms with van der Waals surface area (Å²) >= 11 is 0. The van der Waals surface area contributed by atoms with Crippen molar-refractivity contribution < 1.29 is 4.52 Å². The fourth-order valence-electron chi connectivity index (χ4n) is 1.46. The van der Waals surface area contributed by atoms with Gasteiger partial charge in [-0.3, -0.25) is 0 Å². The van der Waals surface area contributed by atoms with Crippen molar-refractivity contribution in [1.82, 2.24) is 10.1 Å². The fourth-order valence-corrected chi connectivity index (χ4v) is 1.46. The zero-order valence-corrected chi connectivity index (χ0v) is 7.86. The highest BCUT2D eigenvalue weighted by atomic mass is 16.5. The molecule has 2 N–H and O–H groups in total. The lowest BCUT2D eigenvalue weighted by Crippen LogP contribution is -2.18. The molecule has 1 saturated carbocycles. The van der Waals surface area contributed by atoms with E-state index in [9.17, 15) is 0 Å². The molecule has 1 aromatic rings. The van der Waals surface area contributed by atoms with Crippen LogP contribution in [0.4, 0.5) is 0 Å². The van der Waals surface area contributed by atoms with Gasteiger partial charge in [-0.1, -0.05) is 11.6 Å². The predicted molar refractivity (Wildman–Crippen MR) is 48.2 cm³/mol. The van der Waals surface area contributed by atoms with E-state index in [0.717, 1.165) is 5.82 Å². The van der Waals surface area contributed by atoms with Gasteiger partial charge in [0.2, 0.25) is 5.89 Å². The molecule has 1 aromatic heterocycles. The summed E-state index contributed by atoms with van der Waals surface area (Å²) < 4.78 is 5.09. The van der Waals surface area contributed by atoms with Gasteiger partial charge in [0, 0.05) is 18.4 Å². The second kappa shape index (κ2) is 3.46. The maximum Gasteiger partial charge on any atom is 0.228 e. The first-order valence-electron chi connectivity index (χ1n) is 4.84. The molecule has 13 heavy (non-hydrogen) atoms. The van der Waals surface area contributed by atoms with Crippen molar-refractivity contribution in [2.24, 2.45) is 5.73 Å². The third-order valence-electron chi connectivity index (χ3n) is 2.45. The van der Waals surface area contributed by atoms with Crippen molar-refractivity contribution in [3.63, 3.8) is 0 Å². The molecule has 1 aliphatic carbocycles. The Labute approximate surface area is 77.5 Å². The van der Waals surface area contributed by atoms with Crippen LogP contribution in [0.2, 0.25) is 0 Å². The number of rotatable bonds is 3. The molecule has 1 atom stereocenters. The average Bonchev–Trinajstić information content (AvgIpc) is 2.31. The van der Waals surface area contributed by atoms with Crippen LogP contribution in [0.5, 0.6) is 0 Å². The minimum Gasteiger partial charge on any atom is -0.339 e. The zero-order chi connectivity index (χ0) is 9.26. The largest absolute Gasteiger partial charge is 0.339 e. The van der Waals surface area contributed by atoms with Crippen LogP contribution in [0.25, 0.3) is 0 Å². The molecule has 0 aliphatic heterocycles. The molecular weight excluding hydrogens is 166 g/mol. The van der Waals surface area contributed by atoms with Gasteiger partial charge in [0.1, 0.15) is 0 Å². The Morgan fingerprint density at radius 2 is 2.38 bits per heavy atom. The minimum absolute atomic E-state index is 0.0923. The van der Waals surface area contributed by atoms with Crippen LogP contribution in [0.3, 0.4) is 0 Å². The van der Waals surface area contributed by atoms with Gasteiger partial charge in [-0.15, -0.1) is 0 Å². The first-order chi connectivity index (χ1) is 6.25. The Morgan fingerprint density at radius 1 is 1.62 bits per heavy atom. The second-order valence-corrected chi connectivity index (χ2v) is 3.86. The maximum absolute atomic E-state index is 5.63. The smallest absolute Gasteiger partial charge is 0.228 e. The minimum atomic E-state index is 0.0923. The predicted octanol–water partition coefficient (Wildman–Crippen LogP) is 1.23. The Morgan fingerprint density at radius 3 is 2.92 bits per heavy atom. The number of nitrogens with zero attached hydrogens (tertiary/aromatic N) is 2. The third kappa shape index (κ3) is 1.88. The highest BCUT2D eigenvalue weighted by Crippen LogP contribution is 2.34. The molecule has 72 valence electrons. The van der Waals surface area contributed by atoms with Crippen molar-refractivity contribution in [2.75, 3.05) is 0 Å². The molecule has 4 nitrogen and oxygen atoms in total. The quantitative estimate of drug-likeness (QED) is 0.761. The van der Waals surface area contributed by atoms with Crippen LogP contribution in [-0.4, -0.2) is 16.2 Å². The van der Waals surface area contributed by atoms with E-state index in [1.165, 1.54) is 19.3 Å². The molecule has 0 spiro atoms. The maximum atomic E-state index is 5.63. The topological polar surface area (TPSA) is 64.9 Å². The monoisotopic (exact) mass is 181 g/mol. The molecule has 0 aromatic carbocycles. The van der Waals surface area contributed by atoms with Crippen LogP contribution in [0.15, 0.2) is 4.52 Å². The molecule has 2 rings (SSSR count). The van der Waals surface area contributed by atoms with Crippen molar-refractivity contribution in [3.8, 4) is 0 Å². The highest BCUT2D eigenvalue weighted by molar-refractivity contribution is 5.00. The number of hydrogen-bond acceptors (Lipinski definition) is 4. The average molecular weight is 181 g/mol. The lowest BCUT2D eigenvalue weighted by atomic mass is 9.85. The normalized spacial score (nSPS) is 19.8. The van der Waals surface area contributed by atoms with Gasteiger partial charge in [0.25, 0.3) is 0 Å². The van der Waals surface area contributed by atoms with E-state index in [1.807, 2.05) is 6.92 Å². The Balaban J connectivity index is 2.00. The zero-order valence-electron chi connectivity index (χ0n) is 7.86. The van der Waals surface area contributed by atoms with Gasteiger partial charge in [-0.25, -0.2) is 0 Å². The van der Waals surface area contributed by atoms with Crippen molar-refractivity contribution in [3.05, 3.63) is 11.7 Å². The molecule has 0 saturated heterocycles. The van der Waals surface area contributed by atoms with E-state index in [2.05, 4.69) is 10.1 Å². The van der Waals surface area contributed by atoms with E-state index < -0.39 is 0 Å². The number of nitrogens with two attached hydrogens (primary N) is 1. The summed E-state index contributed by atoms with van der Waals surface area (Å²) in [5, 5.41) is 3.95. The summed E-state index contributed by atoms with van der Waals surface area (Å²) in [6, 6.07) is 0.0923. The van der Waals surface area contributed by atoms with Gasteiger partial charge in [-0.05, 0) is 19.8 Å². The van der Waals surface area contributed by atoms with Crippen LogP contribution in [0, 0.1) is 0 Å². The third-order valence-corrected chi connectivity index (χ3v) is 2.45. The van der Waals surface area contributed by atoms with E-state index in [0.29, 0.717) is 18.2 Å². The molecule has 1 fully saturated rings. The first kappa shape index (κ1) is 8.69. The van der Waals surface area contributed by atoms with Crippen molar-refractivity contribution >= 4 is 0 Å². The molecule has 1 heterocycles. The standard InChI is InChI=1S/C9H15N3O/c1-6(10)5-8-11-9(12-13-8)7-3-2-4-7/h6-7H,2-5,10H2,1H3. The second-order valence-electron chi connectivity index (χ2n) is 3.86. The van der Waals surface area contributed by atoms with E-state index in [4.69, 9.17) is 10.3 Å². The van der Waals surface area contributed by atoms with Crippen LogP contribution in [0.1, 0.15) is 43.8 Å². The van der Waals surface area contributed by atoms with E-state index in [-0.39, 0.29) is 6.04 Å². The number of aromatic nitrogens is 2. The summed E-state index contributed by atoms with van der Waals surface area (Å²) in [4.78, 5) is 4.31. The first-order valence-corrected chi connectivity index (χ1v) is 4.84. The van der Waals surface area contributed by atoms with E-state index >= 15 is 0 Å².